The van der Waals surface area contributed by atoms with Gasteiger partial charge in [0.25, 0.3) is 0 Å². The lowest BCUT2D eigenvalue weighted by Crippen LogP contribution is -2.00. The van der Waals surface area contributed by atoms with Crippen LogP contribution in [0.3, 0.4) is 0 Å². The van der Waals surface area contributed by atoms with Crippen molar-refractivity contribution >= 4 is 11.5 Å². The van der Waals surface area contributed by atoms with Crippen LogP contribution in [0.15, 0.2) is 54.9 Å². The van der Waals surface area contributed by atoms with Crippen LogP contribution in [0.2, 0.25) is 0 Å². The molecule has 0 bridgehead atoms. The summed E-state index contributed by atoms with van der Waals surface area (Å²) in [5.41, 5.74) is 9.55. The Morgan fingerprint density at radius 2 is 1.79 bits per heavy atom. The molecular weight excluding hydrogens is 360 g/mol. The van der Waals surface area contributed by atoms with Crippen molar-refractivity contribution in [3.8, 4) is 23.1 Å². The molecule has 5 nitrogen and oxygen atoms in total. The van der Waals surface area contributed by atoms with Gasteiger partial charge in [-0.05, 0) is 23.8 Å². The molecular formula is C21H15F2N5. The van der Waals surface area contributed by atoms with Crippen molar-refractivity contribution in [3.63, 3.8) is 0 Å². The average Bonchev–Trinajstić information content (AvgIpc) is 3.16. The number of halogens is 2. The minimum atomic E-state index is -0.703. The lowest BCUT2D eigenvalue weighted by molar-refractivity contribution is 0.467. The van der Waals surface area contributed by atoms with E-state index in [0.717, 1.165) is 5.56 Å². The fourth-order valence-corrected chi connectivity index (χ4v) is 2.74. The number of rotatable bonds is 3. The third-order valence-corrected chi connectivity index (χ3v) is 4.21. The van der Waals surface area contributed by atoms with Crippen molar-refractivity contribution in [1.29, 1.82) is 0 Å². The predicted molar refractivity (Wildman–Crippen MR) is 103 cm³/mol. The summed E-state index contributed by atoms with van der Waals surface area (Å²) in [5.74, 6) is 6.40. The first-order valence-electron chi connectivity index (χ1n) is 8.50. The highest BCUT2D eigenvalue weighted by Crippen LogP contribution is 2.22. The molecule has 28 heavy (non-hydrogen) atoms. The maximum absolute atomic E-state index is 13.6. The molecule has 0 radical (unpaired) electrons. The molecule has 0 saturated carbocycles. The van der Waals surface area contributed by atoms with E-state index in [2.05, 4.69) is 26.9 Å². The van der Waals surface area contributed by atoms with Gasteiger partial charge in [-0.1, -0.05) is 36.1 Å². The van der Waals surface area contributed by atoms with Crippen LogP contribution in [0, 0.1) is 11.8 Å². The summed E-state index contributed by atoms with van der Waals surface area (Å²) in [7, 11) is 0. The van der Waals surface area contributed by atoms with Crippen LogP contribution < -0.4 is 5.73 Å². The van der Waals surface area contributed by atoms with Gasteiger partial charge in [0, 0.05) is 17.3 Å². The van der Waals surface area contributed by atoms with Gasteiger partial charge in [0.1, 0.15) is 19.2 Å². The summed E-state index contributed by atoms with van der Waals surface area (Å²) in [6, 6.07) is 11.9. The maximum Gasteiger partial charge on any atom is 0.171 e. The normalized spacial score (nSPS) is 10.6. The van der Waals surface area contributed by atoms with Gasteiger partial charge in [0.05, 0.1) is 23.1 Å². The Morgan fingerprint density at radius 3 is 2.46 bits per heavy atom. The molecule has 0 aliphatic heterocycles. The number of nitrogen functional groups attached to an aromatic ring is 1. The highest BCUT2D eigenvalue weighted by molar-refractivity contribution is 5.66. The van der Waals surface area contributed by atoms with E-state index in [1.54, 1.807) is 54.9 Å². The van der Waals surface area contributed by atoms with Crippen LogP contribution in [0.5, 0.6) is 0 Å². The average molecular weight is 375 g/mol. The minimum Gasteiger partial charge on any atom is -0.384 e. The third-order valence-electron chi connectivity index (χ3n) is 4.21. The summed E-state index contributed by atoms with van der Waals surface area (Å²) in [6.07, 6.45) is 3.13. The van der Waals surface area contributed by atoms with Crippen molar-refractivity contribution in [2.75, 3.05) is 5.73 Å². The van der Waals surface area contributed by atoms with Crippen molar-refractivity contribution in [3.05, 3.63) is 77.2 Å². The molecule has 0 aliphatic rings. The van der Waals surface area contributed by atoms with E-state index in [0.29, 0.717) is 39.5 Å². The number of alkyl halides is 2. The molecule has 1 aromatic carbocycles. The molecule has 2 N–H and O–H groups in total. The van der Waals surface area contributed by atoms with Crippen LogP contribution in [0.1, 0.15) is 22.4 Å². The van der Waals surface area contributed by atoms with Crippen LogP contribution in [0.25, 0.3) is 16.9 Å². The first-order chi connectivity index (χ1) is 13.7. The van der Waals surface area contributed by atoms with Gasteiger partial charge in [-0.3, -0.25) is 0 Å². The number of benzene rings is 1. The summed E-state index contributed by atoms with van der Waals surface area (Å²) in [6.45, 7) is -1.24. The fraction of sp³-hybridized carbons (Fsp3) is 0.0952. The molecule has 0 atom stereocenters. The Morgan fingerprint density at radius 1 is 0.964 bits per heavy atom. The third kappa shape index (κ3) is 3.40. The summed E-state index contributed by atoms with van der Waals surface area (Å²) in [4.78, 5) is 8.60. The molecule has 0 aliphatic carbocycles. The molecule has 3 heterocycles. The first kappa shape index (κ1) is 17.6. The molecule has 0 fully saturated rings. The predicted octanol–water partition coefficient (Wildman–Crippen LogP) is 3.71. The van der Waals surface area contributed by atoms with Gasteiger partial charge < -0.3 is 5.73 Å². The van der Waals surface area contributed by atoms with Crippen molar-refractivity contribution in [2.45, 2.75) is 13.3 Å². The lowest BCUT2D eigenvalue weighted by atomic mass is 10.1. The fourth-order valence-electron chi connectivity index (χ4n) is 2.74. The van der Waals surface area contributed by atoms with Crippen LogP contribution in [-0.2, 0) is 13.3 Å². The Bertz CT molecular complexity index is 1190. The van der Waals surface area contributed by atoms with Gasteiger partial charge >= 0.3 is 0 Å². The second kappa shape index (κ2) is 7.45. The number of anilines is 1. The number of fused-ring (bicyclic) bond motifs is 1. The van der Waals surface area contributed by atoms with Crippen molar-refractivity contribution < 1.29 is 8.78 Å². The smallest absolute Gasteiger partial charge is 0.171 e. The van der Waals surface area contributed by atoms with Gasteiger partial charge in [-0.25, -0.2) is 23.3 Å². The van der Waals surface area contributed by atoms with Crippen molar-refractivity contribution in [2.24, 2.45) is 0 Å². The quantitative estimate of drug-likeness (QED) is 0.554. The van der Waals surface area contributed by atoms with Gasteiger partial charge in [-0.15, -0.1) is 0 Å². The van der Waals surface area contributed by atoms with E-state index in [1.807, 2.05) is 0 Å². The first-order valence-corrected chi connectivity index (χ1v) is 8.50. The second-order valence-electron chi connectivity index (χ2n) is 6.11. The molecule has 0 unspecified atom stereocenters. The molecule has 4 aromatic rings. The number of nitrogens with zero attached hydrogens (tertiary/aromatic N) is 4. The largest absolute Gasteiger partial charge is 0.384 e. The lowest BCUT2D eigenvalue weighted by Gasteiger charge is -2.06. The highest BCUT2D eigenvalue weighted by Gasteiger charge is 2.12. The zero-order chi connectivity index (χ0) is 19.5. The number of hydrogen-bond acceptors (Lipinski definition) is 4. The minimum absolute atomic E-state index is 0.358. The number of aromatic nitrogens is 4. The van der Waals surface area contributed by atoms with E-state index < -0.39 is 13.3 Å². The van der Waals surface area contributed by atoms with Crippen molar-refractivity contribution in [1.82, 2.24) is 19.6 Å². The Hall–Kier alpha value is -3.79. The second-order valence-corrected chi connectivity index (χ2v) is 6.11. The number of pyridine rings is 1. The maximum atomic E-state index is 13.6. The zero-order valence-electron chi connectivity index (χ0n) is 14.7. The van der Waals surface area contributed by atoms with Crippen LogP contribution >= 0.6 is 0 Å². The van der Waals surface area contributed by atoms with Gasteiger partial charge in [0.2, 0.25) is 0 Å². The van der Waals surface area contributed by atoms with E-state index in [4.69, 9.17) is 5.73 Å². The molecule has 7 heteroatoms. The Balaban J connectivity index is 1.79. The Labute approximate surface area is 159 Å². The van der Waals surface area contributed by atoms with E-state index >= 15 is 0 Å². The molecule has 3 aromatic heterocycles. The van der Waals surface area contributed by atoms with Gasteiger partial charge in [-0.2, -0.15) is 5.10 Å². The number of nitrogens with two attached hydrogens (primary N) is 1. The molecule has 0 amide bonds. The van der Waals surface area contributed by atoms with E-state index in [-0.39, 0.29) is 0 Å². The zero-order valence-corrected chi connectivity index (χ0v) is 14.7. The van der Waals surface area contributed by atoms with E-state index in [1.165, 1.54) is 4.52 Å². The van der Waals surface area contributed by atoms with E-state index in [9.17, 15) is 8.78 Å². The highest BCUT2D eigenvalue weighted by atomic mass is 19.1. The summed E-state index contributed by atoms with van der Waals surface area (Å²) in [5, 5.41) is 4.20. The molecule has 0 saturated heterocycles. The standard InChI is InChI=1S/C21H15F2N5/c22-10-14-1-5-16(6-2-14)19-9-18(11-23)28-21(27-19)17(13-26-28)7-3-15-4-8-20(24)25-12-15/h1-2,4-6,8-9,12-13H,10-11H2,(H2,24,25). The summed E-state index contributed by atoms with van der Waals surface area (Å²) >= 11 is 0. The summed E-state index contributed by atoms with van der Waals surface area (Å²) < 4.78 is 27.7. The molecule has 0 spiro atoms. The SMILES string of the molecule is Nc1ccc(C#Cc2cnn3c(CF)cc(-c4ccc(CF)cc4)nc23)cn1. The van der Waals surface area contributed by atoms with Gasteiger partial charge in [0.15, 0.2) is 5.65 Å². The monoisotopic (exact) mass is 375 g/mol. The number of hydrogen-bond donors (Lipinski definition) is 1. The van der Waals surface area contributed by atoms with Crippen LogP contribution in [-0.4, -0.2) is 19.6 Å². The molecule has 4 rings (SSSR count). The molecule has 138 valence electrons. The van der Waals surface area contributed by atoms with Crippen LogP contribution in [0.4, 0.5) is 14.6 Å². The Kier molecular flexibility index (Phi) is 4.68. The topological polar surface area (TPSA) is 69.1 Å².